The van der Waals surface area contributed by atoms with Crippen molar-refractivity contribution in [1.29, 1.82) is 0 Å². The molecule has 0 aliphatic carbocycles. The van der Waals surface area contributed by atoms with Crippen LogP contribution in [0.4, 0.5) is 9.59 Å². The summed E-state index contributed by atoms with van der Waals surface area (Å²) >= 11 is 5.64. The lowest BCUT2D eigenvalue weighted by molar-refractivity contribution is -0.145. The minimum Gasteiger partial charge on any atom is -0.463 e. The van der Waals surface area contributed by atoms with Crippen LogP contribution in [0.25, 0.3) is 0 Å². The molecule has 46 heavy (non-hydrogen) atoms. The third-order valence-corrected chi connectivity index (χ3v) is 5.77. The minimum absolute atomic E-state index is 0.0160. The first kappa shape index (κ1) is 43.8. The van der Waals surface area contributed by atoms with Crippen LogP contribution in [0, 0.1) is 0 Å². The molecule has 0 aliphatic rings. The van der Waals surface area contributed by atoms with E-state index in [-0.39, 0.29) is 71.7 Å². The molecular weight excluding hydrogens is 632 g/mol. The predicted octanol–water partition coefficient (Wildman–Crippen LogP) is 2.21. The number of esters is 1. The molecule has 16 heteroatoms. The highest BCUT2D eigenvalue weighted by Crippen LogP contribution is 2.01. The summed E-state index contributed by atoms with van der Waals surface area (Å²) in [7, 11) is 0. The zero-order valence-electron chi connectivity index (χ0n) is 27.1. The fourth-order valence-corrected chi connectivity index (χ4v) is 3.41. The van der Waals surface area contributed by atoms with Gasteiger partial charge in [0, 0.05) is 38.6 Å². The van der Waals surface area contributed by atoms with Gasteiger partial charge in [-0.2, -0.15) is 0 Å². The average molecular weight is 687 g/mol. The van der Waals surface area contributed by atoms with Gasteiger partial charge in [0.2, 0.25) is 0 Å². The van der Waals surface area contributed by atoms with Gasteiger partial charge in [-0.1, -0.05) is 12.8 Å². The molecule has 0 bridgehead atoms. The maximum atomic E-state index is 11.7. The molecule has 2 amide bonds. The van der Waals surface area contributed by atoms with E-state index in [4.69, 9.17) is 59.3 Å². The topological polar surface area (TPSA) is 179 Å². The number of unbranched alkanes of at least 4 members (excludes halogenated alkanes) is 3. The maximum absolute atomic E-state index is 11.7. The predicted molar refractivity (Wildman–Crippen MR) is 169 cm³/mol. The molecule has 0 spiro atoms. The Morgan fingerprint density at radius 3 is 1.52 bits per heavy atom. The first-order chi connectivity index (χ1) is 22.6. The number of hydrogen-bond acceptors (Lipinski definition) is 13. The number of nitrogens with one attached hydrogen (secondary N) is 2. The van der Waals surface area contributed by atoms with Crippen LogP contribution in [0.1, 0.15) is 38.5 Å². The highest BCUT2D eigenvalue weighted by Gasteiger charge is 2.04. The summed E-state index contributed by atoms with van der Waals surface area (Å²) < 4.78 is 46.9. The molecule has 3 N–H and O–H groups in total. The third-order valence-electron chi connectivity index (χ3n) is 5.50. The van der Waals surface area contributed by atoms with E-state index >= 15 is 0 Å². The van der Waals surface area contributed by atoms with E-state index < -0.39 is 12.2 Å². The Balaban J connectivity index is 3.36. The van der Waals surface area contributed by atoms with Crippen LogP contribution in [-0.4, -0.2) is 148 Å². The largest absolute Gasteiger partial charge is 0.463 e. The standard InChI is InChI=1S/C30H55ClN2O13/c31-9-3-1-2-4-13-38-20-21-39-14-7-8-28(35)44-27-26-43-25-23-41-18-11-33-30(37)46-16-6-5-15-45-29(36)32-10-17-40-22-24-42-19-12-34/h5-6,34H,1-4,7-27H2,(H,32,36)(H,33,37)/b6-5-. The summed E-state index contributed by atoms with van der Waals surface area (Å²) in [6.07, 6.45) is 7.11. The van der Waals surface area contributed by atoms with Crippen molar-refractivity contribution in [2.24, 2.45) is 0 Å². The molecule has 0 heterocycles. The fraction of sp³-hybridized carbons (Fsp3) is 0.833. The van der Waals surface area contributed by atoms with Gasteiger partial charge < -0.3 is 58.4 Å². The Kier molecular flexibility index (Phi) is 35.4. The number of alkyl halides is 1. The number of rotatable bonds is 34. The molecule has 0 saturated heterocycles. The number of amides is 2. The lowest BCUT2D eigenvalue weighted by Gasteiger charge is -2.08. The van der Waals surface area contributed by atoms with Crippen molar-refractivity contribution in [3.8, 4) is 0 Å². The third kappa shape index (κ3) is 36.2. The first-order valence-corrected chi connectivity index (χ1v) is 16.4. The molecule has 0 atom stereocenters. The number of carbonyl (C=O) groups excluding carboxylic acids is 3. The number of aliphatic hydroxyl groups is 1. The van der Waals surface area contributed by atoms with Gasteiger partial charge in [0.05, 0.1) is 72.7 Å². The molecule has 0 saturated carbocycles. The summed E-state index contributed by atoms with van der Waals surface area (Å²) in [5, 5.41) is 13.6. The van der Waals surface area contributed by atoms with Gasteiger partial charge in [-0.3, -0.25) is 4.79 Å². The number of hydrogen-bond donors (Lipinski definition) is 3. The van der Waals surface area contributed by atoms with Crippen LogP contribution in [-0.2, 0) is 47.4 Å². The second-order valence-electron chi connectivity index (χ2n) is 9.35. The number of carbonyl (C=O) groups is 3. The van der Waals surface area contributed by atoms with Gasteiger partial charge >= 0.3 is 18.2 Å². The molecule has 0 unspecified atom stereocenters. The van der Waals surface area contributed by atoms with Crippen LogP contribution in [0.5, 0.6) is 0 Å². The van der Waals surface area contributed by atoms with Crippen molar-refractivity contribution in [3.05, 3.63) is 12.2 Å². The summed E-state index contributed by atoms with van der Waals surface area (Å²) in [6.45, 7) is 5.47. The summed E-state index contributed by atoms with van der Waals surface area (Å²) in [6, 6.07) is 0. The van der Waals surface area contributed by atoms with Crippen molar-refractivity contribution in [1.82, 2.24) is 10.6 Å². The molecule has 0 radical (unpaired) electrons. The number of ether oxygens (including phenoxy) is 9. The van der Waals surface area contributed by atoms with Crippen molar-refractivity contribution < 1.29 is 62.1 Å². The van der Waals surface area contributed by atoms with Gasteiger partial charge in [-0.25, -0.2) is 9.59 Å². The van der Waals surface area contributed by atoms with E-state index in [9.17, 15) is 14.4 Å². The fourth-order valence-electron chi connectivity index (χ4n) is 3.22. The highest BCUT2D eigenvalue weighted by atomic mass is 35.5. The molecule has 0 aliphatic heterocycles. The van der Waals surface area contributed by atoms with Crippen LogP contribution < -0.4 is 10.6 Å². The van der Waals surface area contributed by atoms with Crippen LogP contribution in [0.15, 0.2) is 12.2 Å². The van der Waals surface area contributed by atoms with Crippen molar-refractivity contribution in [3.63, 3.8) is 0 Å². The Bertz CT molecular complexity index is 735. The Morgan fingerprint density at radius 1 is 0.522 bits per heavy atom. The summed E-state index contributed by atoms with van der Waals surface area (Å²) in [4.78, 5) is 34.9. The molecule has 0 aromatic carbocycles. The molecule has 0 fully saturated rings. The first-order valence-electron chi connectivity index (χ1n) is 15.8. The van der Waals surface area contributed by atoms with E-state index in [1.54, 1.807) is 12.2 Å². The second-order valence-corrected chi connectivity index (χ2v) is 9.72. The van der Waals surface area contributed by atoms with E-state index in [1.807, 2.05) is 0 Å². The average Bonchev–Trinajstić information content (AvgIpc) is 3.05. The van der Waals surface area contributed by atoms with E-state index in [2.05, 4.69) is 10.6 Å². The van der Waals surface area contributed by atoms with Crippen molar-refractivity contribution in [2.75, 3.05) is 125 Å². The zero-order valence-corrected chi connectivity index (χ0v) is 27.8. The van der Waals surface area contributed by atoms with Gasteiger partial charge in [0.15, 0.2) is 0 Å². The minimum atomic E-state index is -0.604. The van der Waals surface area contributed by atoms with Crippen LogP contribution in [0.3, 0.4) is 0 Å². The van der Waals surface area contributed by atoms with Gasteiger partial charge in [0.1, 0.15) is 19.8 Å². The Morgan fingerprint density at radius 2 is 0.978 bits per heavy atom. The van der Waals surface area contributed by atoms with Gasteiger partial charge in [-0.15, -0.1) is 11.6 Å². The molecule has 0 aromatic heterocycles. The number of halogens is 1. The Labute approximate surface area is 277 Å². The Hall–Kier alpha value is -2.24. The number of aliphatic hydroxyl groups excluding tert-OH is 1. The SMILES string of the molecule is O=C(CCCOCCOCCCCCCCl)OCCOCCOCCNC(=O)OC/C=C\COC(=O)NCCOCCOCCO. The summed E-state index contributed by atoms with van der Waals surface area (Å²) in [5.74, 6) is 0.420. The van der Waals surface area contributed by atoms with E-state index in [0.717, 1.165) is 32.3 Å². The second kappa shape index (κ2) is 37.2. The maximum Gasteiger partial charge on any atom is 0.407 e. The summed E-state index contributed by atoms with van der Waals surface area (Å²) in [5.41, 5.74) is 0. The van der Waals surface area contributed by atoms with E-state index in [0.29, 0.717) is 65.2 Å². The molecular formula is C30H55ClN2O13. The molecule has 270 valence electrons. The van der Waals surface area contributed by atoms with Crippen LogP contribution in [0.2, 0.25) is 0 Å². The monoisotopic (exact) mass is 686 g/mol. The molecule has 0 rings (SSSR count). The lowest BCUT2D eigenvalue weighted by atomic mass is 10.2. The van der Waals surface area contributed by atoms with Gasteiger partial charge in [0.25, 0.3) is 0 Å². The van der Waals surface area contributed by atoms with Gasteiger partial charge in [-0.05, 0) is 31.4 Å². The zero-order chi connectivity index (χ0) is 33.6. The van der Waals surface area contributed by atoms with Crippen molar-refractivity contribution in [2.45, 2.75) is 38.5 Å². The lowest BCUT2D eigenvalue weighted by Crippen LogP contribution is -2.28. The quantitative estimate of drug-likeness (QED) is 0.0295. The van der Waals surface area contributed by atoms with Crippen molar-refractivity contribution >= 4 is 29.8 Å². The van der Waals surface area contributed by atoms with E-state index in [1.165, 1.54) is 0 Å². The highest BCUT2D eigenvalue weighted by molar-refractivity contribution is 6.17. The normalized spacial score (nSPS) is 11.1. The number of alkyl carbamates (subject to hydrolysis) is 2. The van der Waals surface area contributed by atoms with Crippen LogP contribution >= 0.6 is 11.6 Å². The smallest absolute Gasteiger partial charge is 0.407 e. The molecule has 0 aromatic rings. The molecule has 15 nitrogen and oxygen atoms in total.